The minimum atomic E-state index is -0.319. The smallest absolute Gasteiger partial charge is 0.0679 e. The average molecular weight is 566 g/mol. The third-order valence-electron chi connectivity index (χ3n) is 6.68. The summed E-state index contributed by atoms with van der Waals surface area (Å²) in [6.45, 7) is 11.2. The van der Waals surface area contributed by atoms with Crippen LogP contribution in [-0.4, -0.2) is 71.5 Å². The van der Waals surface area contributed by atoms with Crippen LogP contribution >= 0.6 is 27.0 Å². The monoisotopic (exact) mass is 565 g/mol. The standard InChI is InChI=1S/C31H51N3O2.2H2S/c1-3-5-8-19-30(35)26-33(24-28-15-9-6-10-16-28)22-13-14-23-34(25-29-17-11-7-12-18-29)27-31(36)20-21-32-4-2;;/h6-7,9-12,15-18,30-32,35-36H,3-5,8,13-14,19-27H2,1-2H3;2*1H2/t30-,31-;;/m0../s1. The zero-order valence-corrected chi connectivity index (χ0v) is 25.8. The summed E-state index contributed by atoms with van der Waals surface area (Å²) in [6, 6.07) is 21.1. The van der Waals surface area contributed by atoms with E-state index in [-0.39, 0.29) is 39.2 Å². The highest BCUT2D eigenvalue weighted by molar-refractivity contribution is 7.59. The van der Waals surface area contributed by atoms with Crippen molar-refractivity contribution in [2.24, 2.45) is 0 Å². The summed E-state index contributed by atoms with van der Waals surface area (Å²) >= 11 is 0. The van der Waals surface area contributed by atoms with Crippen molar-refractivity contribution in [3.63, 3.8) is 0 Å². The fourth-order valence-corrected chi connectivity index (χ4v) is 4.68. The van der Waals surface area contributed by atoms with Gasteiger partial charge in [-0.1, -0.05) is 93.8 Å². The molecule has 0 heterocycles. The lowest BCUT2D eigenvalue weighted by molar-refractivity contribution is 0.0914. The SMILES string of the molecule is CCCCC[C@H](O)CN(CCCCN(Cc1ccccc1)C[C@@H](O)CCNCC)Cc1ccccc1.S.S. The molecule has 0 saturated heterocycles. The zero-order valence-electron chi connectivity index (χ0n) is 23.8. The molecule has 218 valence electrons. The van der Waals surface area contributed by atoms with Gasteiger partial charge in [-0.3, -0.25) is 9.80 Å². The number of nitrogens with one attached hydrogen (secondary N) is 1. The molecule has 2 rings (SSSR count). The molecular formula is C31H55N3O2S2. The van der Waals surface area contributed by atoms with Gasteiger partial charge in [0.1, 0.15) is 0 Å². The second-order valence-corrected chi connectivity index (χ2v) is 10.1. The molecule has 7 heteroatoms. The molecule has 0 unspecified atom stereocenters. The first-order chi connectivity index (χ1) is 17.6. The van der Waals surface area contributed by atoms with Crippen molar-refractivity contribution in [1.29, 1.82) is 0 Å². The molecule has 2 atom stereocenters. The Kier molecular flexibility index (Phi) is 23.1. The highest BCUT2D eigenvalue weighted by Crippen LogP contribution is 2.12. The lowest BCUT2D eigenvalue weighted by Gasteiger charge is -2.27. The predicted molar refractivity (Wildman–Crippen MR) is 173 cm³/mol. The van der Waals surface area contributed by atoms with Crippen molar-refractivity contribution in [1.82, 2.24) is 15.1 Å². The fourth-order valence-electron chi connectivity index (χ4n) is 4.68. The van der Waals surface area contributed by atoms with Crippen molar-refractivity contribution in [2.45, 2.75) is 84.1 Å². The minimum absolute atomic E-state index is 0. The first kappa shape index (κ1) is 36.9. The van der Waals surface area contributed by atoms with Gasteiger partial charge in [0.2, 0.25) is 0 Å². The number of benzene rings is 2. The van der Waals surface area contributed by atoms with E-state index in [1.165, 1.54) is 24.0 Å². The van der Waals surface area contributed by atoms with Gasteiger partial charge in [0, 0.05) is 26.2 Å². The molecule has 0 saturated carbocycles. The van der Waals surface area contributed by atoms with Crippen LogP contribution in [0.15, 0.2) is 60.7 Å². The summed E-state index contributed by atoms with van der Waals surface area (Å²) in [7, 11) is 0. The van der Waals surface area contributed by atoms with E-state index in [0.717, 1.165) is 77.9 Å². The summed E-state index contributed by atoms with van der Waals surface area (Å²) in [4.78, 5) is 4.81. The first-order valence-corrected chi connectivity index (χ1v) is 14.2. The topological polar surface area (TPSA) is 59.0 Å². The maximum atomic E-state index is 10.6. The van der Waals surface area contributed by atoms with Gasteiger partial charge in [-0.15, -0.1) is 0 Å². The van der Waals surface area contributed by atoms with Gasteiger partial charge in [-0.05, 0) is 63.0 Å². The van der Waals surface area contributed by atoms with E-state index in [4.69, 9.17) is 0 Å². The number of aliphatic hydroxyl groups excluding tert-OH is 2. The summed E-state index contributed by atoms with van der Waals surface area (Å²) in [5, 5.41) is 24.6. The molecule has 2 aromatic carbocycles. The van der Waals surface area contributed by atoms with Crippen molar-refractivity contribution < 1.29 is 10.2 Å². The molecule has 0 radical (unpaired) electrons. The average Bonchev–Trinajstić information content (AvgIpc) is 2.88. The molecule has 0 aliphatic rings. The Morgan fingerprint density at radius 2 is 1.13 bits per heavy atom. The van der Waals surface area contributed by atoms with Crippen LogP contribution in [0.5, 0.6) is 0 Å². The molecule has 38 heavy (non-hydrogen) atoms. The van der Waals surface area contributed by atoms with Gasteiger partial charge in [-0.25, -0.2) is 0 Å². The third kappa shape index (κ3) is 17.5. The molecule has 0 fully saturated rings. The van der Waals surface area contributed by atoms with E-state index in [0.29, 0.717) is 6.54 Å². The van der Waals surface area contributed by atoms with Crippen LogP contribution in [0, 0.1) is 0 Å². The molecule has 0 aromatic heterocycles. The highest BCUT2D eigenvalue weighted by Gasteiger charge is 2.15. The third-order valence-corrected chi connectivity index (χ3v) is 6.68. The lowest BCUT2D eigenvalue weighted by atomic mass is 10.1. The zero-order chi connectivity index (χ0) is 25.8. The quantitative estimate of drug-likeness (QED) is 0.179. The van der Waals surface area contributed by atoms with Gasteiger partial charge in [0.15, 0.2) is 0 Å². The maximum Gasteiger partial charge on any atom is 0.0679 e. The fraction of sp³-hybridized carbons (Fsp3) is 0.613. The molecule has 3 N–H and O–H groups in total. The van der Waals surface area contributed by atoms with Crippen molar-refractivity contribution in [3.05, 3.63) is 71.8 Å². The van der Waals surface area contributed by atoms with Crippen LogP contribution in [0.25, 0.3) is 0 Å². The molecule has 0 amide bonds. The van der Waals surface area contributed by atoms with Crippen LogP contribution in [-0.2, 0) is 13.1 Å². The van der Waals surface area contributed by atoms with Crippen LogP contribution in [0.1, 0.15) is 69.9 Å². The van der Waals surface area contributed by atoms with Crippen molar-refractivity contribution >= 4 is 27.0 Å². The van der Waals surface area contributed by atoms with E-state index >= 15 is 0 Å². The molecular weight excluding hydrogens is 510 g/mol. The van der Waals surface area contributed by atoms with Gasteiger partial charge in [0.25, 0.3) is 0 Å². The van der Waals surface area contributed by atoms with Crippen LogP contribution in [0.3, 0.4) is 0 Å². The summed E-state index contributed by atoms with van der Waals surface area (Å²) in [5.41, 5.74) is 2.59. The number of hydrogen-bond acceptors (Lipinski definition) is 5. The molecule has 0 aliphatic carbocycles. The van der Waals surface area contributed by atoms with Gasteiger partial charge >= 0.3 is 0 Å². The maximum absolute atomic E-state index is 10.6. The van der Waals surface area contributed by atoms with Crippen molar-refractivity contribution in [2.75, 3.05) is 39.3 Å². The van der Waals surface area contributed by atoms with Crippen molar-refractivity contribution in [3.8, 4) is 0 Å². The predicted octanol–water partition coefficient (Wildman–Crippen LogP) is 5.30. The second kappa shape index (κ2) is 23.8. The summed E-state index contributed by atoms with van der Waals surface area (Å²) in [6.07, 6.45) is 6.70. The number of rotatable bonds is 21. The second-order valence-electron chi connectivity index (χ2n) is 10.1. The number of unbranched alkanes of at least 4 members (excludes halogenated alkanes) is 3. The molecule has 0 spiro atoms. The molecule has 5 nitrogen and oxygen atoms in total. The largest absolute Gasteiger partial charge is 0.392 e. The van der Waals surface area contributed by atoms with E-state index in [1.807, 2.05) is 0 Å². The van der Waals surface area contributed by atoms with Crippen LogP contribution in [0.2, 0.25) is 0 Å². The summed E-state index contributed by atoms with van der Waals surface area (Å²) in [5.74, 6) is 0. The minimum Gasteiger partial charge on any atom is -0.392 e. The van der Waals surface area contributed by atoms with E-state index in [1.54, 1.807) is 0 Å². The summed E-state index contributed by atoms with van der Waals surface area (Å²) < 4.78 is 0. The lowest BCUT2D eigenvalue weighted by Crippen LogP contribution is -2.35. The highest BCUT2D eigenvalue weighted by atomic mass is 32.1. The molecule has 2 aromatic rings. The Balaban J connectivity index is 0.00000684. The van der Waals surface area contributed by atoms with Crippen LogP contribution in [0.4, 0.5) is 0 Å². The van der Waals surface area contributed by atoms with E-state index in [9.17, 15) is 10.2 Å². The Morgan fingerprint density at radius 3 is 1.58 bits per heavy atom. The molecule has 0 aliphatic heterocycles. The van der Waals surface area contributed by atoms with Gasteiger partial charge in [0.05, 0.1) is 12.2 Å². The molecule has 0 bridgehead atoms. The number of nitrogens with zero attached hydrogens (tertiary/aromatic N) is 2. The van der Waals surface area contributed by atoms with E-state index in [2.05, 4.69) is 89.6 Å². The Labute approximate surface area is 246 Å². The normalized spacial score (nSPS) is 12.7. The van der Waals surface area contributed by atoms with E-state index < -0.39 is 0 Å². The van der Waals surface area contributed by atoms with Crippen LogP contribution < -0.4 is 5.32 Å². The Hall–Kier alpha value is -1.06. The Bertz CT molecular complexity index is 705. The number of aliphatic hydroxyl groups is 2. The number of hydrogen-bond donors (Lipinski definition) is 3. The van der Waals surface area contributed by atoms with Gasteiger partial charge in [-0.2, -0.15) is 27.0 Å². The first-order valence-electron chi connectivity index (χ1n) is 14.2. The Morgan fingerprint density at radius 1 is 0.658 bits per heavy atom. The van der Waals surface area contributed by atoms with Gasteiger partial charge < -0.3 is 15.5 Å².